The lowest BCUT2D eigenvalue weighted by Gasteiger charge is -2.13. The lowest BCUT2D eigenvalue weighted by molar-refractivity contribution is -0.144. The summed E-state index contributed by atoms with van der Waals surface area (Å²) in [5.41, 5.74) is 4.34. The van der Waals surface area contributed by atoms with Gasteiger partial charge in [-0.25, -0.2) is 4.39 Å². The average Bonchev–Trinajstić information content (AvgIpc) is 2.79. The Kier molecular flexibility index (Phi) is 4.29. The maximum absolute atomic E-state index is 14.2. The molecule has 0 fully saturated rings. The smallest absolute Gasteiger partial charge is 0.368 e. The van der Waals surface area contributed by atoms with Crippen molar-refractivity contribution in [2.45, 2.75) is 30.8 Å². The van der Waals surface area contributed by atoms with E-state index in [2.05, 4.69) is 10.1 Å². The molecule has 2 aromatic rings. The third-order valence-electron chi connectivity index (χ3n) is 3.08. The minimum atomic E-state index is -5.25. The normalized spacial score (nSPS) is 12.8. The van der Waals surface area contributed by atoms with Crippen LogP contribution in [0.5, 0.6) is 0 Å². The standard InChI is InChI=1S/C12H11F5N4O2S/c1-5(2)6-3-7(13)8(4-9(6)24(17,22)23)21-11(18)19-10(20-21)12(14,15)16/h3-5H,1-2H3,(H2,18,19,20). The maximum atomic E-state index is 14.2. The van der Waals surface area contributed by atoms with Gasteiger partial charge in [-0.1, -0.05) is 13.8 Å². The second-order valence-corrected chi connectivity index (χ2v) is 6.45. The number of hydrogen-bond acceptors (Lipinski definition) is 5. The zero-order chi connectivity index (χ0) is 18.4. The van der Waals surface area contributed by atoms with Gasteiger partial charge in [-0.3, -0.25) is 0 Å². The molecule has 0 unspecified atom stereocenters. The van der Waals surface area contributed by atoms with E-state index in [9.17, 15) is 29.9 Å². The molecule has 1 heterocycles. The van der Waals surface area contributed by atoms with E-state index in [1.165, 1.54) is 13.8 Å². The Labute approximate surface area is 133 Å². The number of benzene rings is 1. The fourth-order valence-corrected chi connectivity index (χ4v) is 2.83. The molecule has 1 aromatic heterocycles. The van der Waals surface area contributed by atoms with Crippen molar-refractivity contribution in [3.8, 4) is 5.69 Å². The summed E-state index contributed by atoms with van der Waals surface area (Å²) in [5, 5.41) is 3.01. The molecule has 132 valence electrons. The Morgan fingerprint density at radius 3 is 2.25 bits per heavy atom. The molecule has 0 atom stereocenters. The Balaban J connectivity index is 2.75. The Morgan fingerprint density at radius 1 is 1.25 bits per heavy atom. The molecule has 0 radical (unpaired) electrons. The first-order valence-electron chi connectivity index (χ1n) is 6.40. The van der Waals surface area contributed by atoms with Gasteiger partial charge in [0.25, 0.3) is 5.82 Å². The number of aromatic nitrogens is 3. The van der Waals surface area contributed by atoms with Crippen molar-refractivity contribution in [1.29, 1.82) is 0 Å². The van der Waals surface area contributed by atoms with Gasteiger partial charge in [0.15, 0.2) is 0 Å². The van der Waals surface area contributed by atoms with Crippen molar-refractivity contribution in [2.24, 2.45) is 0 Å². The third-order valence-corrected chi connectivity index (χ3v) is 3.96. The number of nitrogen functional groups attached to an aromatic ring is 1. The minimum absolute atomic E-state index is 0.173. The van der Waals surface area contributed by atoms with E-state index in [4.69, 9.17) is 5.73 Å². The molecule has 6 nitrogen and oxygen atoms in total. The Morgan fingerprint density at radius 2 is 1.83 bits per heavy atom. The van der Waals surface area contributed by atoms with Crippen LogP contribution >= 0.6 is 0 Å². The van der Waals surface area contributed by atoms with Gasteiger partial charge < -0.3 is 5.73 Å². The molecule has 0 aliphatic heterocycles. The highest BCUT2D eigenvalue weighted by atomic mass is 32.3. The van der Waals surface area contributed by atoms with Crippen LogP contribution in [-0.2, 0) is 16.4 Å². The fourth-order valence-electron chi connectivity index (χ4n) is 2.00. The summed E-state index contributed by atoms with van der Waals surface area (Å²) < 4.78 is 88.2. The number of rotatable bonds is 3. The van der Waals surface area contributed by atoms with Gasteiger partial charge in [-0.2, -0.15) is 31.3 Å². The molecule has 12 heteroatoms. The molecule has 24 heavy (non-hydrogen) atoms. The number of alkyl halides is 3. The highest BCUT2D eigenvalue weighted by Crippen LogP contribution is 2.32. The van der Waals surface area contributed by atoms with E-state index in [1.54, 1.807) is 0 Å². The van der Waals surface area contributed by atoms with Gasteiger partial charge in [0.2, 0.25) is 5.95 Å². The predicted octanol–water partition coefficient (Wildman–Crippen LogP) is 2.79. The van der Waals surface area contributed by atoms with E-state index in [0.717, 1.165) is 0 Å². The van der Waals surface area contributed by atoms with E-state index >= 15 is 0 Å². The number of anilines is 1. The second-order valence-electron chi connectivity index (χ2n) is 5.14. The number of nitrogens with zero attached hydrogens (tertiary/aromatic N) is 3. The number of hydrogen-bond donors (Lipinski definition) is 1. The summed E-state index contributed by atoms with van der Waals surface area (Å²) in [6.07, 6.45) is -4.94. The van der Waals surface area contributed by atoms with Gasteiger partial charge >= 0.3 is 16.4 Å². The summed E-state index contributed by atoms with van der Waals surface area (Å²) in [7, 11) is -5.25. The molecule has 0 aliphatic carbocycles. The molecular weight excluding hydrogens is 359 g/mol. The molecule has 0 bridgehead atoms. The Hall–Kier alpha value is -2.24. The topological polar surface area (TPSA) is 90.9 Å². The summed E-state index contributed by atoms with van der Waals surface area (Å²) in [4.78, 5) is 2.07. The lowest BCUT2D eigenvalue weighted by Crippen LogP contribution is -2.11. The molecule has 1 aromatic carbocycles. The molecule has 2 N–H and O–H groups in total. The fraction of sp³-hybridized carbons (Fsp3) is 0.333. The van der Waals surface area contributed by atoms with Crippen molar-refractivity contribution in [1.82, 2.24) is 14.8 Å². The van der Waals surface area contributed by atoms with E-state index in [0.29, 0.717) is 12.1 Å². The molecule has 0 saturated heterocycles. The summed E-state index contributed by atoms with van der Waals surface area (Å²) in [6.45, 7) is 2.99. The van der Waals surface area contributed by atoms with E-state index in [1.807, 2.05) is 0 Å². The van der Waals surface area contributed by atoms with Crippen LogP contribution in [0, 0.1) is 5.82 Å². The van der Waals surface area contributed by atoms with E-state index in [-0.39, 0.29) is 10.2 Å². The van der Waals surface area contributed by atoms with Crippen molar-refractivity contribution in [3.63, 3.8) is 0 Å². The number of halogens is 5. The molecule has 0 amide bonds. The van der Waals surface area contributed by atoms with Crippen LogP contribution in [0.4, 0.5) is 27.4 Å². The Bertz CT molecular complexity index is 890. The van der Waals surface area contributed by atoms with Crippen LogP contribution in [-0.4, -0.2) is 23.2 Å². The van der Waals surface area contributed by atoms with Crippen molar-refractivity contribution < 1.29 is 29.9 Å². The molecular formula is C12H11F5N4O2S. The molecule has 2 rings (SSSR count). The van der Waals surface area contributed by atoms with Crippen LogP contribution in [0.3, 0.4) is 0 Å². The average molecular weight is 370 g/mol. The zero-order valence-corrected chi connectivity index (χ0v) is 13.1. The first-order valence-corrected chi connectivity index (χ1v) is 7.79. The maximum Gasteiger partial charge on any atom is 0.453 e. The van der Waals surface area contributed by atoms with Gasteiger partial charge in [-0.15, -0.1) is 8.98 Å². The van der Waals surface area contributed by atoms with Crippen LogP contribution in [0.2, 0.25) is 0 Å². The monoisotopic (exact) mass is 370 g/mol. The van der Waals surface area contributed by atoms with Crippen LogP contribution in [0.25, 0.3) is 5.69 Å². The van der Waals surface area contributed by atoms with Gasteiger partial charge in [0.1, 0.15) is 16.4 Å². The minimum Gasteiger partial charge on any atom is -0.368 e. The highest BCUT2D eigenvalue weighted by molar-refractivity contribution is 7.86. The van der Waals surface area contributed by atoms with Crippen molar-refractivity contribution in [2.75, 3.05) is 5.73 Å². The molecule has 0 saturated carbocycles. The number of nitrogens with two attached hydrogens (primary N) is 1. The lowest BCUT2D eigenvalue weighted by atomic mass is 10.0. The summed E-state index contributed by atoms with van der Waals surface area (Å²) in [5.74, 6) is -4.16. The van der Waals surface area contributed by atoms with Gasteiger partial charge in [-0.05, 0) is 23.6 Å². The quantitative estimate of drug-likeness (QED) is 0.663. The van der Waals surface area contributed by atoms with Gasteiger partial charge in [0.05, 0.1) is 0 Å². The van der Waals surface area contributed by atoms with Crippen molar-refractivity contribution >= 4 is 16.2 Å². The first-order chi connectivity index (χ1) is 10.8. The van der Waals surface area contributed by atoms with E-state index < -0.39 is 50.5 Å². The van der Waals surface area contributed by atoms with Crippen LogP contribution < -0.4 is 5.73 Å². The zero-order valence-electron chi connectivity index (χ0n) is 12.3. The summed E-state index contributed by atoms with van der Waals surface area (Å²) in [6, 6.07) is 1.24. The summed E-state index contributed by atoms with van der Waals surface area (Å²) >= 11 is 0. The second kappa shape index (κ2) is 5.69. The highest BCUT2D eigenvalue weighted by Gasteiger charge is 2.37. The first kappa shape index (κ1) is 18.1. The van der Waals surface area contributed by atoms with Gasteiger partial charge in [0, 0.05) is 0 Å². The SMILES string of the molecule is CC(C)c1cc(F)c(-n2nc(C(F)(F)F)nc2N)cc1S(=O)(=O)F. The molecule has 0 spiro atoms. The van der Waals surface area contributed by atoms with Crippen LogP contribution in [0.1, 0.15) is 31.2 Å². The largest absolute Gasteiger partial charge is 0.453 e. The molecule has 0 aliphatic rings. The van der Waals surface area contributed by atoms with Crippen molar-refractivity contribution in [3.05, 3.63) is 29.3 Å². The van der Waals surface area contributed by atoms with Crippen LogP contribution in [0.15, 0.2) is 17.0 Å². The third kappa shape index (κ3) is 3.32. The predicted molar refractivity (Wildman–Crippen MR) is 73.1 cm³/mol.